The summed E-state index contributed by atoms with van der Waals surface area (Å²) in [7, 11) is 0. The number of hydrogen-bond donors (Lipinski definition) is 2. The third kappa shape index (κ3) is 3.94. The van der Waals surface area contributed by atoms with Crippen LogP contribution in [0.5, 0.6) is 0 Å². The van der Waals surface area contributed by atoms with E-state index in [2.05, 4.69) is 0 Å². The van der Waals surface area contributed by atoms with E-state index in [0.29, 0.717) is 0 Å². The van der Waals surface area contributed by atoms with Gasteiger partial charge in [-0.15, -0.1) is 0 Å². The molecule has 0 amide bonds. The minimum atomic E-state index is -1.06. The molecule has 24 heavy (non-hydrogen) atoms. The zero-order chi connectivity index (χ0) is 17.7. The van der Waals surface area contributed by atoms with E-state index >= 15 is 0 Å². The van der Waals surface area contributed by atoms with E-state index in [0.717, 1.165) is 24.0 Å². The van der Waals surface area contributed by atoms with Crippen LogP contribution >= 0.6 is 0 Å². The van der Waals surface area contributed by atoms with Crippen molar-refractivity contribution in [3.63, 3.8) is 0 Å². The summed E-state index contributed by atoms with van der Waals surface area (Å²) in [5.74, 6) is -4.84. The van der Waals surface area contributed by atoms with Crippen molar-refractivity contribution in [2.75, 3.05) is 0 Å². The number of aliphatic carboxylic acids is 2. The Morgan fingerprint density at radius 1 is 0.917 bits per heavy atom. The molecular weight excluding hydrogens is 304 g/mol. The van der Waals surface area contributed by atoms with E-state index in [1.165, 1.54) is 0 Å². The fraction of sp³-hybridized carbons (Fsp3) is 0.400. The zero-order valence-corrected chi connectivity index (χ0v) is 14.1. The second kappa shape index (κ2) is 7.95. The Bertz CT molecular complexity index is 645. The molecule has 0 radical (unpaired) electrons. The van der Waals surface area contributed by atoms with E-state index in [1.807, 2.05) is 55.5 Å². The van der Waals surface area contributed by atoms with Crippen LogP contribution in [0.15, 0.2) is 54.1 Å². The van der Waals surface area contributed by atoms with Crippen molar-refractivity contribution >= 4 is 11.9 Å². The van der Waals surface area contributed by atoms with Gasteiger partial charge in [0.2, 0.25) is 0 Å². The van der Waals surface area contributed by atoms with Gasteiger partial charge < -0.3 is 10.2 Å². The highest BCUT2D eigenvalue weighted by Gasteiger charge is 2.42. The van der Waals surface area contributed by atoms with Gasteiger partial charge in [0, 0.05) is 0 Å². The maximum absolute atomic E-state index is 12.0. The molecule has 1 aromatic rings. The van der Waals surface area contributed by atoms with E-state index in [1.54, 1.807) is 6.92 Å². The van der Waals surface area contributed by atoms with Crippen molar-refractivity contribution < 1.29 is 19.8 Å². The maximum atomic E-state index is 12.0. The van der Waals surface area contributed by atoms with Crippen molar-refractivity contribution in [2.45, 2.75) is 32.6 Å². The number of allylic oxidation sites excluding steroid dienone is 4. The summed E-state index contributed by atoms with van der Waals surface area (Å²) in [5.41, 5.74) is 1.76. The lowest BCUT2D eigenvalue weighted by Gasteiger charge is -2.31. The molecule has 1 aliphatic rings. The smallest absolute Gasteiger partial charge is 0.308 e. The summed E-state index contributed by atoms with van der Waals surface area (Å²) in [6, 6.07) is 9.25. The molecule has 0 saturated carbocycles. The van der Waals surface area contributed by atoms with Crippen LogP contribution in [0.25, 0.3) is 0 Å². The third-order valence-electron chi connectivity index (χ3n) is 4.91. The van der Waals surface area contributed by atoms with Crippen molar-refractivity contribution in [1.29, 1.82) is 0 Å². The summed E-state index contributed by atoms with van der Waals surface area (Å²) < 4.78 is 0. The van der Waals surface area contributed by atoms with Crippen LogP contribution in [0.2, 0.25) is 0 Å². The maximum Gasteiger partial charge on any atom is 0.308 e. The number of carbonyl (C=O) groups is 2. The standard InChI is InChI=1S/C20H24O4/c1-13(15-9-5-3-6-10-15)17(19(21)22)18(20(23)24)14(2)16-11-7-4-8-12-16/h3,5-7,9-14,17-18H,4,8H2,1-2H3,(H,21,22)(H,23,24). The molecule has 1 aromatic carbocycles. The molecule has 128 valence electrons. The number of benzene rings is 1. The van der Waals surface area contributed by atoms with E-state index < -0.39 is 23.8 Å². The van der Waals surface area contributed by atoms with Crippen molar-refractivity contribution in [1.82, 2.24) is 0 Å². The molecule has 0 saturated heterocycles. The number of hydrogen-bond acceptors (Lipinski definition) is 2. The molecule has 1 aliphatic carbocycles. The molecular formula is C20H24O4. The van der Waals surface area contributed by atoms with Gasteiger partial charge in [-0.3, -0.25) is 9.59 Å². The molecule has 0 fully saturated rings. The van der Waals surface area contributed by atoms with E-state index in [9.17, 15) is 19.8 Å². The number of carboxylic acids is 2. The van der Waals surface area contributed by atoms with Gasteiger partial charge in [0.1, 0.15) is 0 Å². The Kier molecular flexibility index (Phi) is 5.96. The molecule has 0 aliphatic heterocycles. The van der Waals surface area contributed by atoms with Crippen molar-refractivity contribution in [3.05, 3.63) is 59.7 Å². The lowest BCUT2D eigenvalue weighted by atomic mass is 9.71. The van der Waals surface area contributed by atoms with Crippen LogP contribution in [0, 0.1) is 17.8 Å². The quantitative estimate of drug-likeness (QED) is 0.790. The highest BCUT2D eigenvalue weighted by Crippen LogP contribution is 2.38. The van der Waals surface area contributed by atoms with Crippen molar-refractivity contribution in [3.8, 4) is 0 Å². The summed E-state index contributed by atoms with van der Waals surface area (Å²) >= 11 is 0. The highest BCUT2D eigenvalue weighted by molar-refractivity contribution is 5.81. The minimum absolute atomic E-state index is 0.355. The lowest BCUT2D eigenvalue weighted by Crippen LogP contribution is -2.38. The molecule has 4 unspecified atom stereocenters. The monoisotopic (exact) mass is 328 g/mol. The van der Waals surface area contributed by atoms with Gasteiger partial charge in [0.25, 0.3) is 0 Å². The van der Waals surface area contributed by atoms with Crippen molar-refractivity contribution in [2.24, 2.45) is 17.8 Å². The van der Waals surface area contributed by atoms with Gasteiger partial charge in [-0.1, -0.05) is 62.4 Å². The number of carboxylic acid groups (broad SMARTS) is 2. The van der Waals surface area contributed by atoms with Gasteiger partial charge in [-0.05, 0) is 35.8 Å². The SMILES string of the molecule is CC(C1=CCCC=C1)C(C(=O)O)C(C(=O)O)C(C)c1ccccc1. The van der Waals surface area contributed by atoms with Crippen LogP contribution < -0.4 is 0 Å². The predicted octanol–water partition coefficient (Wildman–Crippen LogP) is 4.10. The molecule has 0 spiro atoms. The molecule has 4 atom stereocenters. The molecule has 0 heterocycles. The Balaban J connectivity index is 2.37. The van der Waals surface area contributed by atoms with E-state index in [4.69, 9.17) is 0 Å². The van der Waals surface area contributed by atoms with Gasteiger partial charge >= 0.3 is 11.9 Å². The normalized spacial score (nSPS) is 19.0. The van der Waals surface area contributed by atoms with Crippen LogP contribution in [0.4, 0.5) is 0 Å². The topological polar surface area (TPSA) is 74.6 Å². The number of rotatable bonds is 7. The first-order chi connectivity index (χ1) is 11.4. The minimum Gasteiger partial charge on any atom is -0.481 e. The first-order valence-electron chi connectivity index (χ1n) is 8.30. The molecule has 0 aromatic heterocycles. The lowest BCUT2D eigenvalue weighted by molar-refractivity contribution is -0.156. The molecule has 4 heteroatoms. The van der Waals surface area contributed by atoms with Crippen LogP contribution in [-0.4, -0.2) is 22.2 Å². The second-order valence-corrected chi connectivity index (χ2v) is 6.40. The average molecular weight is 328 g/mol. The van der Waals surface area contributed by atoms with Gasteiger partial charge in [-0.25, -0.2) is 0 Å². The summed E-state index contributed by atoms with van der Waals surface area (Å²) in [4.78, 5) is 23.9. The first kappa shape index (κ1) is 18.0. The van der Waals surface area contributed by atoms with Crippen LogP contribution in [0.3, 0.4) is 0 Å². The summed E-state index contributed by atoms with van der Waals surface area (Å²) in [5, 5.41) is 19.5. The highest BCUT2D eigenvalue weighted by atomic mass is 16.4. The van der Waals surface area contributed by atoms with Gasteiger partial charge in [0.15, 0.2) is 0 Å². The van der Waals surface area contributed by atoms with Gasteiger partial charge in [0.05, 0.1) is 11.8 Å². The Hall–Kier alpha value is -2.36. The summed E-state index contributed by atoms with van der Waals surface area (Å²) in [6.07, 6.45) is 7.77. The Labute approximate surface area is 142 Å². The molecule has 2 N–H and O–H groups in total. The van der Waals surface area contributed by atoms with E-state index in [-0.39, 0.29) is 11.8 Å². The largest absolute Gasteiger partial charge is 0.481 e. The Morgan fingerprint density at radius 2 is 1.50 bits per heavy atom. The second-order valence-electron chi connectivity index (χ2n) is 6.40. The fourth-order valence-electron chi connectivity index (χ4n) is 3.50. The van der Waals surface area contributed by atoms with Crippen LogP contribution in [0.1, 0.15) is 38.2 Å². The first-order valence-corrected chi connectivity index (χ1v) is 8.30. The average Bonchev–Trinajstić information content (AvgIpc) is 2.59. The predicted molar refractivity (Wildman–Crippen MR) is 92.7 cm³/mol. The van der Waals surface area contributed by atoms with Gasteiger partial charge in [-0.2, -0.15) is 0 Å². The third-order valence-corrected chi connectivity index (χ3v) is 4.91. The zero-order valence-electron chi connectivity index (χ0n) is 14.1. The van der Waals surface area contributed by atoms with Crippen LogP contribution in [-0.2, 0) is 9.59 Å². The summed E-state index contributed by atoms with van der Waals surface area (Å²) in [6.45, 7) is 3.61. The molecule has 2 rings (SSSR count). The fourth-order valence-corrected chi connectivity index (χ4v) is 3.50. The molecule has 0 bridgehead atoms. The molecule has 4 nitrogen and oxygen atoms in total. The Morgan fingerprint density at radius 3 is 2.00 bits per heavy atom.